The van der Waals surface area contributed by atoms with Gasteiger partial charge in [0.05, 0.1) is 16.1 Å². The van der Waals surface area contributed by atoms with Gasteiger partial charge in [-0.25, -0.2) is 4.79 Å². The highest BCUT2D eigenvalue weighted by atomic mass is 35.5. The van der Waals surface area contributed by atoms with Gasteiger partial charge in [-0.05, 0) is 91.3 Å². The molecule has 1 atom stereocenters. The molecule has 1 fully saturated rings. The van der Waals surface area contributed by atoms with Crippen molar-refractivity contribution in [2.24, 2.45) is 0 Å². The van der Waals surface area contributed by atoms with Crippen LogP contribution in [0.15, 0.2) is 59.1 Å². The molecular weight excluding hydrogens is 502 g/mol. The lowest BCUT2D eigenvalue weighted by molar-refractivity contribution is 0.0696. The largest absolute Gasteiger partial charge is 0.489 e. The molecule has 1 heterocycles. The van der Waals surface area contributed by atoms with E-state index in [4.69, 9.17) is 20.9 Å². The molecule has 2 aliphatic carbocycles. The molecule has 3 aromatic carbocycles. The third-order valence-electron chi connectivity index (χ3n) is 7.53. The van der Waals surface area contributed by atoms with E-state index in [9.17, 15) is 14.7 Å². The second kappa shape index (κ2) is 9.44. The number of rotatable bonds is 6. The molecule has 192 valence electrons. The predicted octanol–water partition coefficient (Wildman–Crippen LogP) is 7.35. The first kappa shape index (κ1) is 24.4. The molecular formula is C31H26ClNO5. The van der Waals surface area contributed by atoms with Crippen LogP contribution in [0.2, 0.25) is 5.02 Å². The number of aromatic carboxylic acids is 1. The number of benzene rings is 3. The van der Waals surface area contributed by atoms with Crippen LogP contribution >= 0.6 is 11.6 Å². The summed E-state index contributed by atoms with van der Waals surface area (Å²) in [5, 5.41) is 14.4. The summed E-state index contributed by atoms with van der Waals surface area (Å²) >= 11 is 6.56. The third-order valence-corrected chi connectivity index (χ3v) is 7.85. The van der Waals surface area contributed by atoms with Crippen LogP contribution in [0.4, 0.5) is 0 Å². The van der Waals surface area contributed by atoms with E-state index in [2.05, 4.69) is 5.16 Å². The molecule has 4 aromatic rings. The fraction of sp³-hybridized carbons (Fsp3) is 0.258. The molecule has 0 saturated heterocycles. The number of hydrogen-bond donors (Lipinski definition) is 1. The van der Waals surface area contributed by atoms with Crippen LogP contribution in [0, 0.1) is 6.92 Å². The topological polar surface area (TPSA) is 89.6 Å². The Balaban J connectivity index is 1.32. The van der Waals surface area contributed by atoms with Gasteiger partial charge in [0.1, 0.15) is 23.8 Å². The maximum Gasteiger partial charge on any atom is 0.335 e. The van der Waals surface area contributed by atoms with E-state index in [0.29, 0.717) is 39.9 Å². The monoisotopic (exact) mass is 527 g/mol. The Hall–Kier alpha value is -3.90. The lowest BCUT2D eigenvalue weighted by atomic mass is 9.92. The highest BCUT2D eigenvalue weighted by molar-refractivity contribution is 6.33. The molecule has 0 bridgehead atoms. The van der Waals surface area contributed by atoms with Crippen molar-refractivity contribution in [1.29, 1.82) is 0 Å². The van der Waals surface area contributed by atoms with Gasteiger partial charge in [-0.2, -0.15) is 0 Å². The van der Waals surface area contributed by atoms with Crippen LogP contribution in [0.1, 0.15) is 85.9 Å². The van der Waals surface area contributed by atoms with Crippen molar-refractivity contribution in [2.45, 2.75) is 51.6 Å². The lowest BCUT2D eigenvalue weighted by Gasteiger charge is -2.15. The SMILES string of the molecule is Cc1cccc(Cl)c1-c1noc(C2CC2)c1COc1ccc2c(c1)C(C)Cc1cc(C(=O)O)ccc1C2=O. The first-order valence-corrected chi connectivity index (χ1v) is 13.1. The van der Waals surface area contributed by atoms with Gasteiger partial charge in [0.2, 0.25) is 0 Å². The van der Waals surface area contributed by atoms with E-state index in [-0.39, 0.29) is 23.9 Å². The van der Waals surface area contributed by atoms with E-state index in [0.717, 1.165) is 46.4 Å². The van der Waals surface area contributed by atoms with E-state index in [1.54, 1.807) is 18.2 Å². The Kier molecular flexibility index (Phi) is 6.07. The van der Waals surface area contributed by atoms with Gasteiger partial charge < -0.3 is 14.4 Å². The average Bonchev–Trinajstić information content (AvgIpc) is 3.67. The van der Waals surface area contributed by atoms with Gasteiger partial charge in [-0.15, -0.1) is 0 Å². The van der Waals surface area contributed by atoms with Gasteiger partial charge in [0.25, 0.3) is 0 Å². The van der Waals surface area contributed by atoms with Crippen molar-refractivity contribution < 1.29 is 24.0 Å². The Morgan fingerprint density at radius 2 is 1.92 bits per heavy atom. The van der Waals surface area contributed by atoms with E-state index >= 15 is 0 Å². The number of carbonyl (C=O) groups is 2. The number of ether oxygens (including phenoxy) is 1. The molecule has 38 heavy (non-hydrogen) atoms. The summed E-state index contributed by atoms with van der Waals surface area (Å²) in [6.07, 6.45) is 2.68. The van der Waals surface area contributed by atoms with Crippen LogP contribution in [0.5, 0.6) is 5.75 Å². The first-order valence-electron chi connectivity index (χ1n) is 12.7. The fourth-order valence-electron chi connectivity index (χ4n) is 5.36. The summed E-state index contributed by atoms with van der Waals surface area (Å²) in [7, 11) is 0. The second-order valence-corrected chi connectivity index (χ2v) is 10.6. The quantitative estimate of drug-likeness (QED) is 0.282. The standard InChI is InChI=1S/C31H26ClNO5/c1-16-4-3-5-26(32)27(16)28-25(30(38-33-28)18-6-7-18)15-37-21-9-11-23-24(14-21)17(2)12-20-13-19(31(35)36)8-10-22(20)29(23)34/h3-5,8-11,13-14,17-18H,6-7,12,15H2,1-2H3,(H,35,36). The highest BCUT2D eigenvalue weighted by Crippen LogP contribution is 2.45. The average molecular weight is 528 g/mol. The minimum atomic E-state index is -1.00. The van der Waals surface area contributed by atoms with Crippen molar-refractivity contribution in [2.75, 3.05) is 0 Å². The zero-order valence-electron chi connectivity index (χ0n) is 21.1. The minimum Gasteiger partial charge on any atom is -0.489 e. The Labute approximate surface area is 225 Å². The van der Waals surface area contributed by atoms with E-state index in [1.165, 1.54) is 6.07 Å². The van der Waals surface area contributed by atoms with Gasteiger partial charge >= 0.3 is 5.97 Å². The number of hydrogen-bond acceptors (Lipinski definition) is 5. The molecule has 0 spiro atoms. The number of carboxylic acids is 1. The number of ketones is 1. The van der Waals surface area contributed by atoms with E-state index in [1.807, 2.05) is 44.2 Å². The number of carboxylic acid groups (broad SMARTS) is 1. The molecule has 1 aromatic heterocycles. The molecule has 6 nitrogen and oxygen atoms in total. The van der Waals surface area contributed by atoms with Crippen molar-refractivity contribution >= 4 is 23.4 Å². The van der Waals surface area contributed by atoms with Crippen molar-refractivity contribution in [3.8, 4) is 17.0 Å². The lowest BCUT2D eigenvalue weighted by Crippen LogP contribution is -2.06. The molecule has 1 saturated carbocycles. The highest BCUT2D eigenvalue weighted by Gasteiger charge is 2.34. The summed E-state index contributed by atoms with van der Waals surface area (Å²) in [5.41, 5.74) is 6.45. The van der Waals surface area contributed by atoms with Crippen LogP contribution < -0.4 is 4.74 Å². The summed E-state index contributed by atoms with van der Waals surface area (Å²) in [6.45, 7) is 4.31. The van der Waals surface area contributed by atoms with Gasteiger partial charge in [-0.3, -0.25) is 4.79 Å². The Morgan fingerprint density at radius 3 is 2.66 bits per heavy atom. The maximum absolute atomic E-state index is 13.4. The zero-order chi connectivity index (χ0) is 26.6. The first-order chi connectivity index (χ1) is 18.3. The smallest absolute Gasteiger partial charge is 0.335 e. The minimum absolute atomic E-state index is 0.00162. The zero-order valence-corrected chi connectivity index (χ0v) is 21.8. The molecule has 7 heteroatoms. The van der Waals surface area contributed by atoms with Crippen molar-refractivity contribution in [3.05, 3.63) is 104 Å². The number of fused-ring (bicyclic) bond motifs is 2. The van der Waals surface area contributed by atoms with Crippen LogP contribution in [-0.4, -0.2) is 22.0 Å². The molecule has 0 aliphatic heterocycles. The number of carbonyl (C=O) groups excluding carboxylic acids is 1. The predicted molar refractivity (Wildman–Crippen MR) is 143 cm³/mol. The fourth-order valence-corrected chi connectivity index (χ4v) is 5.67. The maximum atomic E-state index is 13.4. The van der Waals surface area contributed by atoms with Gasteiger partial charge in [0, 0.05) is 22.6 Å². The third kappa shape index (κ3) is 4.29. The second-order valence-electron chi connectivity index (χ2n) is 10.2. The molecule has 0 radical (unpaired) electrons. The molecule has 2 aliphatic rings. The number of nitrogens with zero attached hydrogens (tertiary/aromatic N) is 1. The van der Waals surface area contributed by atoms with Crippen molar-refractivity contribution in [1.82, 2.24) is 5.16 Å². The normalized spacial score (nSPS) is 16.5. The van der Waals surface area contributed by atoms with Crippen LogP contribution in [0.3, 0.4) is 0 Å². The number of halogens is 1. The van der Waals surface area contributed by atoms with Crippen LogP contribution in [-0.2, 0) is 13.0 Å². The van der Waals surface area contributed by atoms with Gasteiger partial charge in [-0.1, -0.05) is 35.8 Å². The number of aromatic nitrogens is 1. The van der Waals surface area contributed by atoms with Crippen LogP contribution in [0.25, 0.3) is 11.3 Å². The Bertz CT molecular complexity index is 1580. The molecule has 1 unspecified atom stereocenters. The summed E-state index contributed by atoms with van der Waals surface area (Å²) in [5.74, 6) is 0.733. The van der Waals surface area contributed by atoms with E-state index < -0.39 is 5.97 Å². The molecule has 1 N–H and O–H groups in total. The van der Waals surface area contributed by atoms with Crippen molar-refractivity contribution in [3.63, 3.8) is 0 Å². The Morgan fingerprint density at radius 1 is 1.13 bits per heavy atom. The molecule has 6 rings (SSSR count). The summed E-state index contributed by atoms with van der Waals surface area (Å²) in [4.78, 5) is 24.9. The summed E-state index contributed by atoms with van der Waals surface area (Å²) < 4.78 is 12.1. The van der Waals surface area contributed by atoms with Gasteiger partial charge in [0.15, 0.2) is 5.78 Å². The molecule has 0 amide bonds. The number of aryl methyl sites for hydroxylation is 1. The summed E-state index contributed by atoms with van der Waals surface area (Å²) in [6, 6.07) is 16.0.